The molecule has 0 aliphatic carbocycles. The molecule has 0 radical (unpaired) electrons. The van der Waals surface area contributed by atoms with Crippen molar-refractivity contribution in [2.24, 2.45) is 0 Å². The predicted molar refractivity (Wildman–Crippen MR) is 110 cm³/mol. The second kappa shape index (κ2) is 7.92. The van der Waals surface area contributed by atoms with Crippen LogP contribution in [0.5, 0.6) is 0 Å². The SMILES string of the molecule is Cc1cc(C)c2nc(SCC(=O)NC(C)c3ccccc3)cc(C)c2c1. The summed E-state index contributed by atoms with van der Waals surface area (Å²) in [6.45, 7) is 8.30. The lowest BCUT2D eigenvalue weighted by Crippen LogP contribution is -2.28. The van der Waals surface area contributed by atoms with Crippen LogP contribution in [0.2, 0.25) is 0 Å². The molecule has 0 fully saturated rings. The molecule has 1 atom stereocenters. The lowest BCUT2D eigenvalue weighted by atomic mass is 10.0. The number of hydrogen-bond donors (Lipinski definition) is 1. The largest absolute Gasteiger partial charge is 0.349 e. The summed E-state index contributed by atoms with van der Waals surface area (Å²) in [6.07, 6.45) is 0. The van der Waals surface area contributed by atoms with Crippen LogP contribution in [0.1, 0.15) is 35.2 Å². The Hall–Kier alpha value is -2.33. The van der Waals surface area contributed by atoms with Crippen molar-refractivity contribution in [1.82, 2.24) is 10.3 Å². The van der Waals surface area contributed by atoms with E-state index in [4.69, 9.17) is 4.98 Å². The summed E-state index contributed by atoms with van der Waals surface area (Å²) in [5.74, 6) is 0.381. The molecule has 1 aromatic heterocycles. The Morgan fingerprint density at radius 1 is 1.08 bits per heavy atom. The molecule has 0 aliphatic heterocycles. The zero-order valence-corrected chi connectivity index (χ0v) is 16.5. The number of carbonyl (C=O) groups excluding carboxylic acids is 1. The van der Waals surface area contributed by atoms with Gasteiger partial charge in [-0.25, -0.2) is 4.98 Å². The van der Waals surface area contributed by atoms with Crippen LogP contribution < -0.4 is 5.32 Å². The fourth-order valence-electron chi connectivity index (χ4n) is 3.14. The molecule has 3 nitrogen and oxygen atoms in total. The molecule has 0 spiro atoms. The smallest absolute Gasteiger partial charge is 0.230 e. The molecule has 1 heterocycles. The number of pyridine rings is 1. The monoisotopic (exact) mass is 364 g/mol. The number of nitrogens with zero attached hydrogens (tertiary/aromatic N) is 1. The number of carbonyl (C=O) groups is 1. The van der Waals surface area contributed by atoms with Crippen LogP contribution in [0, 0.1) is 20.8 Å². The lowest BCUT2D eigenvalue weighted by Gasteiger charge is -2.14. The summed E-state index contributed by atoms with van der Waals surface area (Å²) >= 11 is 1.48. The summed E-state index contributed by atoms with van der Waals surface area (Å²) in [7, 11) is 0. The molecule has 3 aromatic rings. The Kier molecular flexibility index (Phi) is 5.62. The highest BCUT2D eigenvalue weighted by Gasteiger charge is 2.11. The first kappa shape index (κ1) is 18.5. The van der Waals surface area contributed by atoms with E-state index >= 15 is 0 Å². The van der Waals surface area contributed by atoms with Gasteiger partial charge in [-0.1, -0.05) is 53.7 Å². The van der Waals surface area contributed by atoms with Crippen molar-refractivity contribution in [2.45, 2.75) is 38.8 Å². The van der Waals surface area contributed by atoms with Crippen molar-refractivity contribution in [1.29, 1.82) is 0 Å². The molecular weight excluding hydrogens is 340 g/mol. The van der Waals surface area contributed by atoms with Crippen LogP contribution in [0.4, 0.5) is 0 Å². The van der Waals surface area contributed by atoms with Gasteiger partial charge in [-0.15, -0.1) is 0 Å². The van der Waals surface area contributed by atoms with Gasteiger partial charge in [0.2, 0.25) is 5.91 Å². The fourth-order valence-corrected chi connectivity index (χ4v) is 3.91. The van der Waals surface area contributed by atoms with Crippen molar-refractivity contribution in [2.75, 3.05) is 5.75 Å². The van der Waals surface area contributed by atoms with Gasteiger partial charge in [0.1, 0.15) is 0 Å². The van der Waals surface area contributed by atoms with Crippen LogP contribution >= 0.6 is 11.8 Å². The van der Waals surface area contributed by atoms with Crippen molar-refractivity contribution in [3.8, 4) is 0 Å². The predicted octanol–water partition coefficient (Wildman–Crippen LogP) is 5.13. The molecule has 1 amide bonds. The van der Waals surface area contributed by atoms with E-state index in [9.17, 15) is 4.79 Å². The molecule has 0 saturated carbocycles. The third-order valence-corrected chi connectivity index (χ3v) is 5.37. The number of benzene rings is 2. The van der Waals surface area contributed by atoms with E-state index in [1.807, 2.05) is 37.3 Å². The molecule has 4 heteroatoms. The number of thioether (sulfide) groups is 1. The number of aromatic nitrogens is 1. The van der Waals surface area contributed by atoms with Gasteiger partial charge in [-0.3, -0.25) is 4.79 Å². The van der Waals surface area contributed by atoms with Gasteiger partial charge in [0, 0.05) is 5.39 Å². The maximum Gasteiger partial charge on any atom is 0.230 e. The zero-order valence-electron chi connectivity index (χ0n) is 15.7. The molecule has 0 saturated heterocycles. The third-order valence-electron chi connectivity index (χ3n) is 4.46. The highest BCUT2D eigenvalue weighted by molar-refractivity contribution is 7.99. The third kappa shape index (κ3) is 4.25. The summed E-state index contributed by atoms with van der Waals surface area (Å²) in [6, 6.07) is 16.4. The van der Waals surface area contributed by atoms with Gasteiger partial charge in [0.15, 0.2) is 0 Å². The Morgan fingerprint density at radius 2 is 1.81 bits per heavy atom. The Bertz CT molecular complexity index is 938. The Morgan fingerprint density at radius 3 is 2.54 bits per heavy atom. The van der Waals surface area contributed by atoms with E-state index in [1.54, 1.807) is 0 Å². The molecule has 0 aliphatic rings. The van der Waals surface area contributed by atoms with Gasteiger partial charge in [-0.05, 0) is 56.5 Å². The van der Waals surface area contributed by atoms with Gasteiger partial charge < -0.3 is 5.32 Å². The standard InChI is InChI=1S/C22H24N2OS/c1-14-10-16(3)22-19(11-14)15(2)12-21(24-22)26-13-20(25)23-17(4)18-8-6-5-7-9-18/h5-12,17H,13H2,1-4H3,(H,23,25). The molecule has 2 aromatic carbocycles. The van der Waals surface area contributed by atoms with E-state index < -0.39 is 0 Å². The topological polar surface area (TPSA) is 42.0 Å². The normalized spacial score (nSPS) is 12.2. The van der Waals surface area contributed by atoms with Crippen LogP contribution in [0.3, 0.4) is 0 Å². The second-order valence-electron chi connectivity index (χ2n) is 6.74. The van der Waals surface area contributed by atoms with Crippen LogP contribution in [0.25, 0.3) is 10.9 Å². The lowest BCUT2D eigenvalue weighted by molar-refractivity contribution is -0.119. The Labute approximate surface area is 159 Å². The Balaban J connectivity index is 1.69. The number of hydrogen-bond acceptors (Lipinski definition) is 3. The minimum absolute atomic E-state index is 0.000758. The van der Waals surface area contributed by atoms with Gasteiger partial charge in [-0.2, -0.15) is 0 Å². The van der Waals surface area contributed by atoms with E-state index in [1.165, 1.54) is 33.8 Å². The van der Waals surface area contributed by atoms with Crippen molar-refractivity contribution in [3.05, 3.63) is 70.8 Å². The van der Waals surface area contributed by atoms with Crippen molar-refractivity contribution in [3.63, 3.8) is 0 Å². The van der Waals surface area contributed by atoms with Crippen LogP contribution in [0.15, 0.2) is 53.6 Å². The number of rotatable bonds is 5. The zero-order chi connectivity index (χ0) is 18.7. The minimum Gasteiger partial charge on any atom is -0.349 e. The van der Waals surface area contributed by atoms with E-state index in [0.29, 0.717) is 5.75 Å². The maximum atomic E-state index is 12.3. The molecular formula is C22H24N2OS. The average molecular weight is 365 g/mol. The number of nitrogens with one attached hydrogen (secondary N) is 1. The molecule has 0 bridgehead atoms. The fraction of sp³-hybridized carbons (Fsp3) is 0.273. The highest BCUT2D eigenvalue weighted by Crippen LogP contribution is 2.27. The van der Waals surface area contributed by atoms with Gasteiger partial charge >= 0.3 is 0 Å². The van der Waals surface area contributed by atoms with Crippen molar-refractivity contribution < 1.29 is 4.79 Å². The quantitative estimate of drug-likeness (QED) is 0.638. The number of amides is 1. The summed E-state index contributed by atoms with van der Waals surface area (Å²) in [5.41, 5.74) is 5.75. The second-order valence-corrected chi connectivity index (χ2v) is 7.74. The molecule has 26 heavy (non-hydrogen) atoms. The number of aryl methyl sites for hydroxylation is 3. The maximum absolute atomic E-state index is 12.3. The number of fused-ring (bicyclic) bond motifs is 1. The highest BCUT2D eigenvalue weighted by atomic mass is 32.2. The summed E-state index contributed by atoms with van der Waals surface area (Å²) < 4.78 is 0. The van der Waals surface area contributed by atoms with Crippen LogP contribution in [-0.4, -0.2) is 16.6 Å². The summed E-state index contributed by atoms with van der Waals surface area (Å²) in [4.78, 5) is 17.1. The van der Waals surface area contributed by atoms with Crippen molar-refractivity contribution >= 4 is 28.6 Å². The first-order valence-corrected chi connectivity index (χ1v) is 9.78. The minimum atomic E-state index is 0.000758. The first-order chi connectivity index (χ1) is 12.4. The van der Waals surface area contributed by atoms with E-state index in [-0.39, 0.29) is 11.9 Å². The molecule has 3 rings (SSSR count). The average Bonchev–Trinajstić information content (AvgIpc) is 2.61. The van der Waals surface area contributed by atoms with Crippen LogP contribution in [-0.2, 0) is 4.79 Å². The summed E-state index contributed by atoms with van der Waals surface area (Å²) in [5, 5.41) is 5.13. The van der Waals surface area contributed by atoms with E-state index in [2.05, 4.69) is 44.3 Å². The molecule has 1 unspecified atom stereocenters. The molecule has 134 valence electrons. The van der Waals surface area contributed by atoms with Gasteiger partial charge in [0.05, 0.1) is 22.3 Å². The molecule has 1 N–H and O–H groups in total. The van der Waals surface area contributed by atoms with Gasteiger partial charge in [0.25, 0.3) is 0 Å². The van der Waals surface area contributed by atoms with E-state index in [0.717, 1.165) is 16.1 Å². The first-order valence-electron chi connectivity index (χ1n) is 8.80.